The molecule has 7 heteroatoms. The van der Waals surface area contributed by atoms with Gasteiger partial charge in [-0.3, -0.25) is 10.2 Å². The van der Waals surface area contributed by atoms with Crippen molar-refractivity contribution in [2.45, 2.75) is 50.5 Å². The number of hydrogen-bond donors (Lipinski definition) is 2. The van der Waals surface area contributed by atoms with Crippen LogP contribution in [0.15, 0.2) is 6.33 Å². The summed E-state index contributed by atoms with van der Waals surface area (Å²) < 4.78 is 0. The van der Waals surface area contributed by atoms with E-state index in [0.717, 1.165) is 32.1 Å². The van der Waals surface area contributed by atoms with Crippen LogP contribution in [0.4, 0.5) is 0 Å². The molecule has 1 heterocycles. The Balaban J connectivity index is 1.69. The Morgan fingerprint density at radius 2 is 2.10 bits per heavy atom. The first-order valence-corrected chi connectivity index (χ1v) is 7.36. The molecule has 108 valence electrons. The Morgan fingerprint density at radius 1 is 1.35 bits per heavy atom. The Labute approximate surface area is 117 Å². The number of amides is 1. The van der Waals surface area contributed by atoms with Crippen molar-refractivity contribution >= 4 is 5.91 Å². The molecule has 0 saturated heterocycles. The maximum atomic E-state index is 11.8. The molecular formula is C13H20N6O. The molecule has 0 aliphatic heterocycles. The zero-order chi connectivity index (χ0) is 13.8. The molecular weight excluding hydrogens is 256 g/mol. The van der Waals surface area contributed by atoms with E-state index < -0.39 is 0 Å². The summed E-state index contributed by atoms with van der Waals surface area (Å²) in [5, 5.41) is 12.4. The fraction of sp³-hybridized carbons (Fsp3) is 0.846. The molecule has 1 aromatic rings. The topological polar surface area (TPSA) is 98.7 Å². The van der Waals surface area contributed by atoms with Crippen molar-refractivity contribution in [2.24, 2.45) is 23.1 Å². The summed E-state index contributed by atoms with van der Waals surface area (Å²) in [6, 6.07) is 0. The molecule has 4 saturated carbocycles. The lowest BCUT2D eigenvalue weighted by atomic mass is 9.46. The Morgan fingerprint density at radius 3 is 2.70 bits per heavy atom. The molecule has 0 spiro atoms. The van der Waals surface area contributed by atoms with Gasteiger partial charge in [-0.1, -0.05) is 0 Å². The molecule has 1 aromatic heterocycles. The number of aromatic nitrogens is 4. The number of tetrazole rings is 1. The van der Waals surface area contributed by atoms with Crippen LogP contribution < -0.4 is 11.3 Å². The number of nitrogens with one attached hydrogen (secondary N) is 1. The van der Waals surface area contributed by atoms with Crippen LogP contribution in [0.3, 0.4) is 0 Å². The SMILES string of the molecule is NNC(=O)CC12C[C@H]3C[C@H](C1)CC(n1ncnn1)(C3)C2. The van der Waals surface area contributed by atoms with Gasteiger partial charge in [0.05, 0.1) is 5.54 Å². The predicted octanol–water partition coefficient (Wildman–Crippen LogP) is 0.349. The number of nitrogens with zero attached hydrogens (tertiary/aromatic N) is 4. The number of nitrogens with two attached hydrogens (primary N) is 1. The van der Waals surface area contributed by atoms with Gasteiger partial charge in [0.15, 0.2) is 6.33 Å². The Hall–Kier alpha value is -1.50. The predicted molar refractivity (Wildman–Crippen MR) is 69.9 cm³/mol. The largest absolute Gasteiger partial charge is 0.294 e. The number of carbonyl (C=O) groups is 1. The highest BCUT2D eigenvalue weighted by molar-refractivity contribution is 5.76. The molecule has 4 aliphatic rings. The molecule has 3 N–H and O–H groups in total. The first-order valence-electron chi connectivity index (χ1n) is 7.36. The molecule has 4 bridgehead atoms. The fourth-order valence-corrected chi connectivity index (χ4v) is 5.62. The van der Waals surface area contributed by atoms with Gasteiger partial charge in [-0.05, 0) is 61.0 Å². The second-order valence-corrected chi connectivity index (χ2v) is 7.15. The minimum atomic E-state index is -0.0475. The minimum Gasteiger partial charge on any atom is -0.294 e. The summed E-state index contributed by atoms with van der Waals surface area (Å²) in [5.74, 6) is 6.62. The quantitative estimate of drug-likeness (QED) is 0.471. The average molecular weight is 276 g/mol. The van der Waals surface area contributed by atoms with Gasteiger partial charge in [0.25, 0.3) is 0 Å². The van der Waals surface area contributed by atoms with E-state index in [-0.39, 0.29) is 16.9 Å². The van der Waals surface area contributed by atoms with Crippen molar-refractivity contribution in [2.75, 3.05) is 0 Å². The zero-order valence-electron chi connectivity index (χ0n) is 11.5. The minimum absolute atomic E-state index is 0.0184. The number of carbonyl (C=O) groups excluding carboxylic acids is 1. The van der Waals surface area contributed by atoms with Crippen LogP contribution in [0.25, 0.3) is 0 Å². The van der Waals surface area contributed by atoms with Crippen LogP contribution in [0.5, 0.6) is 0 Å². The van der Waals surface area contributed by atoms with E-state index in [2.05, 4.69) is 20.8 Å². The number of hydrogen-bond acceptors (Lipinski definition) is 5. The smallest absolute Gasteiger partial charge is 0.234 e. The summed E-state index contributed by atoms with van der Waals surface area (Å²) >= 11 is 0. The van der Waals surface area contributed by atoms with Crippen molar-refractivity contribution in [3.8, 4) is 0 Å². The maximum absolute atomic E-state index is 11.8. The standard InChI is InChI=1S/C13H20N6O/c14-17-11(20)6-12-2-9-1-10(3-12)5-13(4-9,7-12)19-16-8-15-18-19/h8-10H,1-7,14H2,(H,17,20)/t9-,10-,12?,13?/m1/s1. The summed E-state index contributed by atoms with van der Waals surface area (Å²) in [6.45, 7) is 0. The van der Waals surface area contributed by atoms with Crippen LogP contribution >= 0.6 is 0 Å². The van der Waals surface area contributed by atoms with Crippen LogP contribution in [0, 0.1) is 17.3 Å². The molecule has 2 atom stereocenters. The zero-order valence-corrected chi connectivity index (χ0v) is 11.5. The average Bonchev–Trinajstić information content (AvgIpc) is 2.90. The lowest BCUT2D eigenvalue weighted by molar-refractivity contribution is -0.139. The summed E-state index contributed by atoms with van der Waals surface area (Å²) in [6.07, 6.45) is 8.88. The molecule has 7 nitrogen and oxygen atoms in total. The first-order chi connectivity index (χ1) is 9.63. The van der Waals surface area contributed by atoms with E-state index in [0.29, 0.717) is 18.3 Å². The molecule has 5 rings (SSSR count). The lowest BCUT2D eigenvalue weighted by Gasteiger charge is -2.61. The van der Waals surface area contributed by atoms with E-state index in [1.165, 1.54) is 12.7 Å². The van der Waals surface area contributed by atoms with Gasteiger partial charge < -0.3 is 0 Å². The van der Waals surface area contributed by atoms with Gasteiger partial charge in [0, 0.05) is 6.42 Å². The molecule has 20 heavy (non-hydrogen) atoms. The van der Waals surface area contributed by atoms with Crippen LogP contribution in [-0.4, -0.2) is 26.1 Å². The van der Waals surface area contributed by atoms with Gasteiger partial charge in [0.1, 0.15) is 0 Å². The Bertz CT molecular complexity index is 513. The highest BCUT2D eigenvalue weighted by Gasteiger charge is 2.59. The van der Waals surface area contributed by atoms with Gasteiger partial charge >= 0.3 is 0 Å². The third kappa shape index (κ3) is 1.69. The number of rotatable bonds is 3. The van der Waals surface area contributed by atoms with Crippen molar-refractivity contribution < 1.29 is 4.79 Å². The number of hydrazine groups is 1. The molecule has 1 amide bonds. The third-order valence-corrected chi connectivity index (χ3v) is 5.62. The van der Waals surface area contributed by atoms with Crippen molar-refractivity contribution in [1.82, 2.24) is 25.6 Å². The summed E-state index contributed by atoms with van der Waals surface area (Å²) in [7, 11) is 0. The van der Waals surface area contributed by atoms with Crippen LogP contribution in [-0.2, 0) is 10.3 Å². The third-order valence-electron chi connectivity index (χ3n) is 5.62. The van der Waals surface area contributed by atoms with E-state index in [1.807, 2.05) is 4.80 Å². The lowest BCUT2D eigenvalue weighted by Crippen LogP contribution is -2.58. The van der Waals surface area contributed by atoms with Gasteiger partial charge in [-0.15, -0.1) is 10.2 Å². The highest BCUT2D eigenvalue weighted by atomic mass is 16.2. The molecule has 0 radical (unpaired) electrons. The summed E-state index contributed by atoms with van der Waals surface area (Å²) in [4.78, 5) is 13.6. The van der Waals surface area contributed by atoms with Crippen molar-refractivity contribution in [3.63, 3.8) is 0 Å². The second-order valence-electron chi connectivity index (χ2n) is 7.15. The van der Waals surface area contributed by atoms with Crippen molar-refractivity contribution in [1.29, 1.82) is 0 Å². The highest BCUT2D eigenvalue weighted by Crippen LogP contribution is 2.64. The van der Waals surface area contributed by atoms with Gasteiger partial charge in [-0.25, -0.2) is 5.84 Å². The second kappa shape index (κ2) is 4.00. The molecule has 4 fully saturated rings. The summed E-state index contributed by atoms with van der Waals surface area (Å²) in [5.41, 5.74) is 2.36. The van der Waals surface area contributed by atoms with E-state index in [4.69, 9.17) is 5.84 Å². The maximum Gasteiger partial charge on any atom is 0.234 e. The Kier molecular flexibility index (Phi) is 2.45. The van der Waals surface area contributed by atoms with Crippen molar-refractivity contribution in [3.05, 3.63) is 6.33 Å². The van der Waals surface area contributed by atoms with E-state index in [1.54, 1.807) is 0 Å². The monoisotopic (exact) mass is 276 g/mol. The van der Waals surface area contributed by atoms with E-state index in [9.17, 15) is 4.79 Å². The first kappa shape index (κ1) is 12.3. The van der Waals surface area contributed by atoms with Gasteiger partial charge in [-0.2, -0.15) is 4.80 Å². The van der Waals surface area contributed by atoms with Crippen LogP contribution in [0.1, 0.15) is 44.9 Å². The molecule has 4 aliphatic carbocycles. The van der Waals surface area contributed by atoms with Gasteiger partial charge in [0.2, 0.25) is 5.91 Å². The van der Waals surface area contributed by atoms with E-state index >= 15 is 0 Å². The molecule has 0 unspecified atom stereocenters. The fourth-order valence-electron chi connectivity index (χ4n) is 5.62. The van der Waals surface area contributed by atoms with Crippen LogP contribution in [0.2, 0.25) is 0 Å². The normalized spacial score (nSPS) is 41.9. The molecule has 0 aromatic carbocycles.